The van der Waals surface area contributed by atoms with E-state index in [1.54, 1.807) is 6.92 Å². The standard InChI is InChI=1S/C12H18ClNO4/c1-4-5-6-17-8-7-12(16-3)10(15)18-11(8,2)9(13)14-12/h8H,4-7H2,1-3H3/t8-,11+,12-/m1/s1. The minimum Gasteiger partial charge on any atom is -0.445 e. The second kappa shape index (κ2) is 4.79. The molecule has 0 aromatic heterocycles. The van der Waals surface area contributed by atoms with E-state index in [0.29, 0.717) is 13.0 Å². The number of hydrogen-bond acceptors (Lipinski definition) is 5. The molecule has 1 fully saturated rings. The molecule has 3 aliphatic rings. The molecular weight excluding hydrogens is 258 g/mol. The van der Waals surface area contributed by atoms with Crippen molar-refractivity contribution in [2.45, 2.75) is 50.5 Å². The Bertz CT molecular complexity index is 386. The van der Waals surface area contributed by atoms with Crippen molar-refractivity contribution in [3.05, 3.63) is 0 Å². The SMILES string of the molecule is CCCCO[C@@H]1C[C@]2(OC)N=C(Cl)[C@@]1(C)OC2=O. The van der Waals surface area contributed by atoms with Gasteiger partial charge in [0.15, 0.2) is 10.8 Å². The van der Waals surface area contributed by atoms with E-state index >= 15 is 0 Å². The van der Waals surface area contributed by atoms with Gasteiger partial charge in [0, 0.05) is 20.1 Å². The fourth-order valence-corrected chi connectivity index (χ4v) is 2.50. The zero-order valence-corrected chi connectivity index (χ0v) is 11.6. The first-order chi connectivity index (χ1) is 8.48. The van der Waals surface area contributed by atoms with Crippen molar-refractivity contribution in [3.63, 3.8) is 0 Å². The Morgan fingerprint density at radius 1 is 1.61 bits per heavy atom. The summed E-state index contributed by atoms with van der Waals surface area (Å²) in [6.07, 6.45) is 2.03. The van der Waals surface area contributed by atoms with Crippen LogP contribution in [0.5, 0.6) is 0 Å². The number of aliphatic imine (C=N–C) groups is 1. The van der Waals surface area contributed by atoms with E-state index in [0.717, 1.165) is 12.8 Å². The summed E-state index contributed by atoms with van der Waals surface area (Å²) in [5.74, 6) is -0.493. The van der Waals surface area contributed by atoms with Crippen molar-refractivity contribution in [1.82, 2.24) is 0 Å². The molecule has 0 aromatic rings. The Labute approximate surface area is 111 Å². The molecule has 5 nitrogen and oxygen atoms in total. The predicted octanol–water partition coefficient (Wildman–Crippen LogP) is 1.87. The lowest BCUT2D eigenvalue weighted by Crippen LogP contribution is -2.66. The summed E-state index contributed by atoms with van der Waals surface area (Å²) < 4.78 is 16.4. The van der Waals surface area contributed by atoms with Crippen LogP contribution in [0.3, 0.4) is 0 Å². The summed E-state index contributed by atoms with van der Waals surface area (Å²) in [6.45, 7) is 4.42. The van der Waals surface area contributed by atoms with Crippen LogP contribution in [0.1, 0.15) is 33.1 Å². The molecule has 1 saturated heterocycles. The maximum absolute atomic E-state index is 11.9. The molecule has 3 heterocycles. The average molecular weight is 276 g/mol. The van der Waals surface area contributed by atoms with E-state index in [4.69, 9.17) is 25.8 Å². The molecule has 2 bridgehead atoms. The van der Waals surface area contributed by atoms with Gasteiger partial charge in [-0.15, -0.1) is 0 Å². The van der Waals surface area contributed by atoms with Crippen LogP contribution in [0.2, 0.25) is 0 Å². The second-order valence-corrected chi connectivity index (χ2v) is 5.16. The third-order valence-corrected chi connectivity index (χ3v) is 4.00. The highest BCUT2D eigenvalue weighted by atomic mass is 35.5. The first-order valence-electron chi connectivity index (χ1n) is 6.14. The zero-order chi connectivity index (χ0) is 13.4. The van der Waals surface area contributed by atoms with E-state index < -0.39 is 17.3 Å². The highest BCUT2D eigenvalue weighted by Gasteiger charge is 2.62. The number of ether oxygens (including phenoxy) is 3. The molecule has 0 spiro atoms. The topological polar surface area (TPSA) is 57.1 Å². The summed E-state index contributed by atoms with van der Waals surface area (Å²) in [7, 11) is 1.42. The molecule has 0 N–H and O–H groups in total. The molecule has 0 aliphatic carbocycles. The van der Waals surface area contributed by atoms with Crippen LogP contribution in [0.15, 0.2) is 4.99 Å². The normalized spacial score (nSPS) is 38.6. The van der Waals surface area contributed by atoms with Gasteiger partial charge in [-0.1, -0.05) is 24.9 Å². The van der Waals surface area contributed by atoms with E-state index in [1.165, 1.54) is 7.11 Å². The molecule has 3 atom stereocenters. The van der Waals surface area contributed by atoms with Gasteiger partial charge >= 0.3 is 5.97 Å². The summed E-state index contributed by atoms with van der Waals surface area (Å²) in [5, 5.41) is 0.233. The highest BCUT2D eigenvalue weighted by Crippen LogP contribution is 2.43. The molecule has 0 amide bonds. The van der Waals surface area contributed by atoms with Gasteiger partial charge in [0.05, 0.1) is 0 Å². The van der Waals surface area contributed by atoms with E-state index in [9.17, 15) is 4.79 Å². The van der Waals surface area contributed by atoms with Crippen LogP contribution in [0, 0.1) is 0 Å². The van der Waals surface area contributed by atoms with Crippen molar-refractivity contribution in [2.24, 2.45) is 4.99 Å². The molecule has 0 unspecified atom stereocenters. The van der Waals surface area contributed by atoms with Gasteiger partial charge < -0.3 is 14.2 Å². The van der Waals surface area contributed by atoms with Gasteiger partial charge in [-0.25, -0.2) is 9.79 Å². The summed E-state index contributed by atoms with van der Waals surface area (Å²) in [5.41, 5.74) is -2.31. The van der Waals surface area contributed by atoms with Crippen molar-refractivity contribution in [1.29, 1.82) is 0 Å². The van der Waals surface area contributed by atoms with Crippen LogP contribution in [0.4, 0.5) is 0 Å². The number of hydrogen-bond donors (Lipinski definition) is 0. The lowest BCUT2D eigenvalue weighted by atomic mass is 9.85. The maximum atomic E-state index is 11.9. The van der Waals surface area contributed by atoms with Gasteiger partial charge in [-0.3, -0.25) is 0 Å². The number of rotatable bonds is 5. The van der Waals surface area contributed by atoms with E-state index in [1.807, 2.05) is 0 Å². The Hall–Kier alpha value is -0.650. The number of unbranched alkanes of at least 4 members (excludes halogenated alkanes) is 1. The average Bonchev–Trinajstić information content (AvgIpc) is 2.33. The number of carbonyl (C=O) groups is 1. The number of carbonyl (C=O) groups excluding carboxylic acids is 1. The van der Waals surface area contributed by atoms with Gasteiger partial charge in [0.25, 0.3) is 5.72 Å². The minimum atomic E-state index is -1.33. The lowest BCUT2D eigenvalue weighted by molar-refractivity contribution is -0.221. The quantitative estimate of drug-likeness (QED) is 0.568. The van der Waals surface area contributed by atoms with Crippen molar-refractivity contribution in [2.75, 3.05) is 13.7 Å². The monoisotopic (exact) mass is 275 g/mol. The molecule has 0 saturated carbocycles. The van der Waals surface area contributed by atoms with Gasteiger partial charge in [0.1, 0.15) is 6.10 Å². The number of esters is 1. The minimum absolute atomic E-state index is 0.233. The zero-order valence-electron chi connectivity index (χ0n) is 10.9. The maximum Gasteiger partial charge on any atom is 0.362 e. The largest absolute Gasteiger partial charge is 0.445 e. The van der Waals surface area contributed by atoms with Crippen LogP contribution >= 0.6 is 11.6 Å². The lowest BCUT2D eigenvalue weighted by Gasteiger charge is -2.49. The summed E-state index contributed by atoms with van der Waals surface area (Å²) in [4.78, 5) is 16.0. The fourth-order valence-electron chi connectivity index (χ4n) is 2.20. The van der Waals surface area contributed by atoms with Gasteiger partial charge in [0.2, 0.25) is 0 Å². The smallest absolute Gasteiger partial charge is 0.362 e. The fraction of sp³-hybridized carbons (Fsp3) is 0.833. The molecule has 3 aliphatic heterocycles. The van der Waals surface area contributed by atoms with Crippen LogP contribution in [0.25, 0.3) is 0 Å². The number of halogens is 1. The van der Waals surface area contributed by atoms with Crippen molar-refractivity contribution >= 4 is 22.7 Å². The molecular formula is C12H18ClNO4. The Morgan fingerprint density at radius 3 is 2.94 bits per heavy atom. The number of methoxy groups -OCH3 is 1. The van der Waals surface area contributed by atoms with E-state index in [-0.39, 0.29) is 11.3 Å². The molecule has 0 aromatic carbocycles. The molecule has 3 rings (SSSR count). The van der Waals surface area contributed by atoms with Gasteiger partial charge in [-0.2, -0.15) is 0 Å². The third-order valence-electron chi connectivity index (χ3n) is 3.54. The molecule has 0 radical (unpaired) electrons. The van der Waals surface area contributed by atoms with Crippen molar-refractivity contribution in [3.8, 4) is 0 Å². The number of fused-ring (bicyclic) bond motifs is 2. The molecule has 102 valence electrons. The summed E-state index contributed by atoms with van der Waals surface area (Å²) in [6, 6.07) is 0. The second-order valence-electron chi connectivity index (χ2n) is 4.80. The van der Waals surface area contributed by atoms with E-state index in [2.05, 4.69) is 11.9 Å². The van der Waals surface area contributed by atoms with Crippen LogP contribution in [-0.2, 0) is 19.0 Å². The first kappa shape index (κ1) is 13.8. The highest BCUT2D eigenvalue weighted by molar-refractivity contribution is 6.68. The Morgan fingerprint density at radius 2 is 2.33 bits per heavy atom. The summed E-state index contributed by atoms with van der Waals surface area (Å²) >= 11 is 6.11. The predicted molar refractivity (Wildman–Crippen MR) is 66.8 cm³/mol. The third kappa shape index (κ3) is 1.94. The van der Waals surface area contributed by atoms with Gasteiger partial charge in [-0.05, 0) is 13.3 Å². The van der Waals surface area contributed by atoms with Crippen molar-refractivity contribution < 1.29 is 19.0 Å². The Balaban J connectivity index is 2.22. The Kier molecular flexibility index (Phi) is 3.67. The van der Waals surface area contributed by atoms with Crippen LogP contribution < -0.4 is 0 Å². The number of nitrogens with zero attached hydrogens (tertiary/aromatic N) is 1. The van der Waals surface area contributed by atoms with Crippen LogP contribution in [-0.4, -0.2) is 42.3 Å². The molecule has 18 heavy (non-hydrogen) atoms. The first-order valence-corrected chi connectivity index (χ1v) is 6.52. The molecule has 6 heteroatoms.